The topological polar surface area (TPSA) is 57.6 Å². The molecule has 5 heteroatoms. The number of hydrogen-bond acceptors (Lipinski definition) is 3. The van der Waals surface area contributed by atoms with Crippen LogP contribution in [-0.4, -0.2) is 51.6 Å². The molecular formula is C8H6NNaO3. The van der Waals surface area contributed by atoms with Gasteiger partial charge in [0, 0.05) is 0 Å². The van der Waals surface area contributed by atoms with Gasteiger partial charge in [0.15, 0.2) is 0 Å². The van der Waals surface area contributed by atoms with Crippen molar-refractivity contribution in [3.05, 3.63) is 35.4 Å². The van der Waals surface area contributed by atoms with E-state index >= 15 is 0 Å². The van der Waals surface area contributed by atoms with Crippen molar-refractivity contribution >= 4 is 41.4 Å². The molecule has 1 aliphatic heterocycles. The summed E-state index contributed by atoms with van der Waals surface area (Å²) in [6.45, 7) is 0. The summed E-state index contributed by atoms with van der Waals surface area (Å²) in [5.74, 6) is -1.31. The Morgan fingerprint density at radius 3 is 1.77 bits per heavy atom. The van der Waals surface area contributed by atoms with Crippen LogP contribution in [0.4, 0.5) is 0 Å². The van der Waals surface area contributed by atoms with Crippen molar-refractivity contribution in [2.45, 2.75) is 0 Å². The molecule has 13 heavy (non-hydrogen) atoms. The average Bonchev–Trinajstić information content (AvgIpc) is 2.33. The zero-order valence-electron chi connectivity index (χ0n) is 6.02. The van der Waals surface area contributed by atoms with Crippen molar-refractivity contribution in [1.82, 2.24) is 5.06 Å². The van der Waals surface area contributed by atoms with Crippen molar-refractivity contribution in [3.8, 4) is 0 Å². The van der Waals surface area contributed by atoms with Crippen LogP contribution in [0.5, 0.6) is 0 Å². The molecular weight excluding hydrogens is 181 g/mol. The van der Waals surface area contributed by atoms with Crippen LogP contribution in [0.3, 0.4) is 0 Å². The number of carbonyl (C=O) groups excluding carboxylic acids is 2. The van der Waals surface area contributed by atoms with E-state index in [4.69, 9.17) is 5.21 Å². The number of imide groups is 1. The molecule has 0 unspecified atom stereocenters. The van der Waals surface area contributed by atoms with E-state index in [9.17, 15) is 9.59 Å². The summed E-state index contributed by atoms with van der Waals surface area (Å²) >= 11 is 0. The normalized spacial score (nSPS) is 14.1. The van der Waals surface area contributed by atoms with Crippen LogP contribution >= 0.6 is 0 Å². The van der Waals surface area contributed by atoms with Crippen molar-refractivity contribution < 1.29 is 14.8 Å². The molecule has 4 nitrogen and oxygen atoms in total. The third-order valence-electron chi connectivity index (χ3n) is 1.77. The van der Waals surface area contributed by atoms with E-state index in [0.717, 1.165) is 0 Å². The molecule has 1 N–H and O–H groups in total. The van der Waals surface area contributed by atoms with Gasteiger partial charge in [0.25, 0.3) is 11.8 Å². The van der Waals surface area contributed by atoms with Crippen molar-refractivity contribution in [2.24, 2.45) is 0 Å². The van der Waals surface area contributed by atoms with Crippen molar-refractivity contribution in [3.63, 3.8) is 0 Å². The Balaban J connectivity index is 0.000000845. The molecule has 1 aliphatic rings. The van der Waals surface area contributed by atoms with E-state index in [1.54, 1.807) is 12.1 Å². The molecule has 0 radical (unpaired) electrons. The molecule has 0 spiro atoms. The van der Waals surface area contributed by atoms with Crippen LogP contribution in [0.15, 0.2) is 24.3 Å². The first-order valence-electron chi connectivity index (χ1n) is 3.38. The Labute approximate surface area is 96.4 Å². The second kappa shape index (κ2) is 3.59. The molecule has 1 aromatic rings. The molecule has 2 rings (SSSR count). The first-order valence-corrected chi connectivity index (χ1v) is 3.38. The van der Waals surface area contributed by atoms with E-state index in [0.29, 0.717) is 0 Å². The number of hydrogen-bond donors (Lipinski definition) is 1. The molecule has 1 aromatic carbocycles. The maximum absolute atomic E-state index is 11.1. The number of nitrogens with zero attached hydrogens (tertiary/aromatic N) is 1. The van der Waals surface area contributed by atoms with Gasteiger partial charge in [0.2, 0.25) is 0 Å². The zero-order chi connectivity index (χ0) is 8.72. The number of carbonyl (C=O) groups is 2. The minimum absolute atomic E-state index is 0. The van der Waals surface area contributed by atoms with Crippen LogP contribution in [0.25, 0.3) is 0 Å². The van der Waals surface area contributed by atoms with E-state index in [1.165, 1.54) is 12.1 Å². The summed E-state index contributed by atoms with van der Waals surface area (Å²) < 4.78 is 0. The van der Waals surface area contributed by atoms with Gasteiger partial charge in [-0.15, -0.1) is 5.06 Å². The summed E-state index contributed by atoms with van der Waals surface area (Å²) in [5, 5.41) is 9.05. The molecule has 0 bridgehead atoms. The minimum atomic E-state index is -0.657. The van der Waals surface area contributed by atoms with Crippen LogP contribution < -0.4 is 0 Å². The molecule has 0 fully saturated rings. The van der Waals surface area contributed by atoms with E-state index in [2.05, 4.69) is 0 Å². The fraction of sp³-hybridized carbons (Fsp3) is 0. The van der Waals surface area contributed by atoms with Gasteiger partial charge < -0.3 is 0 Å². The average molecular weight is 187 g/mol. The summed E-state index contributed by atoms with van der Waals surface area (Å²) in [5.41, 5.74) is 0.509. The van der Waals surface area contributed by atoms with Crippen LogP contribution in [0, 0.1) is 0 Å². The first kappa shape index (κ1) is 10.4. The maximum atomic E-state index is 11.1. The van der Waals surface area contributed by atoms with E-state index in [1.807, 2.05) is 0 Å². The molecule has 62 valence electrons. The van der Waals surface area contributed by atoms with E-state index < -0.39 is 11.8 Å². The van der Waals surface area contributed by atoms with Gasteiger partial charge in [-0.1, -0.05) is 12.1 Å². The quantitative estimate of drug-likeness (QED) is 0.354. The molecule has 0 aliphatic carbocycles. The number of amides is 2. The Kier molecular flexibility index (Phi) is 2.87. The van der Waals surface area contributed by atoms with Gasteiger partial charge in [0.1, 0.15) is 0 Å². The second-order valence-electron chi connectivity index (χ2n) is 2.47. The number of fused-ring (bicyclic) bond motifs is 1. The number of benzene rings is 1. The van der Waals surface area contributed by atoms with Gasteiger partial charge in [-0.2, -0.15) is 0 Å². The molecule has 1 heterocycles. The van der Waals surface area contributed by atoms with Gasteiger partial charge >= 0.3 is 29.6 Å². The summed E-state index contributed by atoms with van der Waals surface area (Å²) in [4.78, 5) is 22.1. The molecule has 2 amide bonds. The predicted octanol–water partition coefficient (Wildman–Crippen LogP) is 0.0233. The standard InChI is InChI=1S/C8H5NO3.Na.H/c10-7-5-3-1-2-4-6(5)8(11)9(7)12;;/h1-4,12H;;. The number of rotatable bonds is 0. The fourth-order valence-electron chi connectivity index (χ4n) is 1.18. The van der Waals surface area contributed by atoms with Gasteiger partial charge in [-0.05, 0) is 12.1 Å². The zero-order valence-corrected chi connectivity index (χ0v) is 6.02. The Bertz CT molecular complexity index is 342. The molecule has 0 aromatic heterocycles. The third kappa shape index (κ3) is 1.42. The van der Waals surface area contributed by atoms with Crippen LogP contribution in [0.2, 0.25) is 0 Å². The third-order valence-corrected chi connectivity index (χ3v) is 1.77. The Hall–Kier alpha value is -0.680. The summed E-state index contributed by atoms with van der Waals surface area (Å²) in [6.07, 6.45) is 0. The second-order valence-corrected chi connectivity index (χ2v) is 2.47. The summed E-state index contributed by atoms with van der Waals surface area (Å²) in [7, 11) is 0. The molecule has 0 atom stereocenters. The Morgan fingerprint density at radius 2 is 1.38 bits per heavy atom. The Morgan fingerprint density at radius 1 is 1.00 bits per heavy atom. The van der Waals surface area contributed by atoms with Gasteiger partial charge in [-0.25, -0.2) is 0 Å². The predicted molar refractivity (Wildman–Crippen MR) is 45.9 cm³/mol. The monoisotopic (exact) mass is 187 g/mol. The molecule has 0 saturated carbocycles. The van der Waals surface area contributed by atoms with Gasteiger partial charge in [0.05, 0.1) is 11.1 Å². The SMILES string of the molecule is O=C1c2ccccc2C(=O)N1O.[NaH]. The molecule has 0 saturated heterocycles. The fourth-order valence-corrected chi connectivity index (χ4v) is 1.18. The van der Waals surface area contributed by atoms with Crippen LogP contribution in [-0.2, 0) is 0 Å². The number of hydroxylamine groups is 2. The van der Waals surface area contributed by atoms with Crippen LogP contribution in [0.1, 0.15) is 20.7 Å². The van der Waals surface area contributed by atoms with Crippen molar-refractivity contribution in [1.29, 1.82) is 0 Å². The van der Waals surface area contributed by atoms with Crippen molar-refractivity contribution in [2.75, 3.05) is 0 Å². The summed E-state index contributed by atoms with van der Waals surface area (Å²) in [6, 6.07) is 6.30. The van der Waals surface area contributed by atoms with E-state index in [-0.39, 0.29) is 45.7 Å². The van der Waals surface area contributed by atoms with Gasteiger partial charge in [-0.3, -0.25) is 14.8 Å². The first-order chi connectivity index (χ1) is 5.72.